The molecule has 3 nitrogen and oxygen atoms in total. The van der Waals surface area contributed by atoms with E-state index in [1.807, 2.05) is 31.2 Å². The molecular formula is C14H21IN2O. The topological polar surface area (TPSA) is 41.1 Å². The fraction of sp³-hybridized carbons (Fsp3) is 0.500. The molecule has 0 aliphatic carbocycles. The van der Waals surface area contributed by atoms with E-state index in [2.05, 4.69) is 40.1 Å². The van der Waals surface area contributed by atoms with Crippen LogP contribution in [0.4, 0.5) is 5.69 Å². The van der Waals surface area contributed by atoms with E-state index in [0.717, 1.165) is 22.2 Å². The standard InChI is InChI=1S/C14H21IN2O/c1-3-4-7-10-16-14(18)11(2)17-13-9-6-5-8-12(13)15/h5-6,8-9,11,17H,3-4,7,10H2,1-2H3,(H,16,18). The van der Waals surface area contributed by atoms with E-state index >= 15 is 0 Å². The predicted octanol–water partition coefficient (Wildman–Crippen LogP) is 3.40. The molecule has 18 heavy (non-hydrogen) atoms. The second-order valence-corrected chi connectivity index (χ2v) is 5.51. The molecule has 1 aromatic carbocycles. The highest BCUT2D eigenvalue weighted by atomic mass is 127. The fourth-order valence-electron chi connectivity index (χ4n) is 1.62. The first-order valence-electron chi connectivity index (χ1n) is 6.44. The summed E-state index contributed by atoms with van der Waals surface area (Å²) in [6.45, 7) is 4.81. The normalized spacial score (nSPS) is 11.9. The van der Waals surface area contributed by atoms with Gasteiger partial charge in [0.25, 0.3) is 0 Å². The number of anilines is 1. The van der Waals surface area contributed by atoms with Crippen LogP contribution in [-0.2, 0) is 4.79 Å². The molecule has 0 saturated heterocycles. The summed E-state index contributed by atoms with van der Waals surface area (Å²) in [5.41, 5.74) is 1.01. The van der Waals surface area contributed by atoms with Crippen molar-refractivity contribution < 1.29 is 4.79 Å². The maximum atomic E-state index is 11.8. The van der Waals surface area contributed by atoms with Crippen LogP contribution in [0.5, 0.6) is 0 Å². The van der Waals surface area contributed by atoms with Gasteiger partial charge < -0.3 is 10.6 Å². The fourth-order valence-corrected chi connectivity index (χ4v) is 2.16. The molecular weight excluding hydrogens is 339 g/mol. The van der Waals surface area contributed by atoms with Gasteiger partial charge in [-0.2, -0.15) is 0 Å². The zero-order valence-electron chi connectivity index (χ0n) is 11.0. The van der Waals surface area contributed by atoms with Crippen LogP contribution in [0, 0.1) is 3.57 Å². The molecule has 0 radical (unpaired) electrons. The van der Waals surface area contributed by atoms with Crippen LogP contribution in [-0.4, -0.2) is 18.5 Å². The molecule has 0 spiro atoms. The molecule has 0 aromatic heterocycles. The van der Waals surface area contributed by atoms with Crippen LogP contribution in [0.1, 0.15) is 33.1 Å². The van der Waals surface area contributed by atoms with E-state index in [1.165, 1.54) is 12.8 Å². The maximum Gasteiger partial charge on any atom is 0.242 e. The molecule has 1 amide bonds. The Kier molecular flexibility index (Phi) is 7.08. The third-order valence-electron chi connectivity index (χ3n) is 2.72. The third kappa shape index (κ3) is 5.25. The minimum absolute atomic E-state index is 0.0609. The summed E-state index contributed by atoms with van der Waals surface area (Å²) in [5, 5.41) is 6.18. The number of para-hydroxylation sites is 1. The van der Waals surface area contributed by atoms with Crippen molar-refractivity contribution in [3.63, 3.8) is 0 Å². The van der Waals surface area contributed by atoms with Gasteiger partial charge in [0, 0.05) is 15.8 Å². The summed E-state index contributed by atoms with van der Waals surface area (Å²) in [6.07, 6.45) is 3.39. The largest absolute Gasteiger partial charge is 0.373 e. The lowest BCUT2D eigenvalue weighted by atomic mass is 10.2. The Morgan fingerprint density at radius 3 is 2.72 bits per heavy atom. The Balaban J connectivity index is 2.38. The van der Waals surface area contributed by atoms with Crippen molar-refractivity contribution in [3.8, 4) is 0 Å². The second kappa shape index (κ2) is 8.34. The van der Waals surface area contributed by atoms with Gasteiger partial charge in [-0.15, -0.1) is 0 Å². The van der Waals surface area contributed by atoms with Crippen molar-refractivity contribution in [3.05, 3.63) is 27.8 Å². The summed E-state index contributed by atoms with van der Waals surface area (Å²) in [4.78, 5) is 11.8. The Bertz CT molecular complexity index is 382. The maximum absolute atomic E-state index is 11.8. The summed E-state index contributed by atoms with van der Waals surface area (Å²) in [5.74, 6) is 0.0609. The van der Waals surface area contributed by atoms with E-state index in [9.17, 15) is 4.79 Å². The van der Waals surface area contributed by atoms with Gasteiger partial charge in [0.15, 0.2) is 0 Å². The zero-order valence-corrected chi connectivity index (χ0v) is 13.2. The van der Waals surface area contributed by atoms with Crippen molar-refractivity contribution in [2.24, 2.45) is 0 Å². The molecule has 2 N–H and O–H groups in total. The van der Waals surface area contributed by atoms with Crippen LogP contribution in [0.2, 0.25) is 0 Å². The minimum atomic E-state index is -0.206. The number of halogens is 1. The molecule has 1 atom stereocenters. The van der Waals surface area contributed by atoms with Crippen molar-refractivity contribution in [1.82, 2.24) is 5.32 Å². The number of amides is 1. The lowest BCUT2D eigenvalue weighted by Gasteiger charge is -2.16. The molecule has 1 unspecified atom stereocenters. The zero-order chi connectivity index (χ0) is 13.4. The van der Waals surface area contributed by atoms with Gasteiger partial charge in [0.1, 0.15) is 6.04 Å². The molecule has 0 fully saturated rings. The smallest absolute Gasteiger partial charge is 0.242 e. The first kappa shape index (κ1) is 15.3. The van der Waals surface area contributed by atoms with Gasteiger partial charge in [0.05, 0.1) is 0 Å². The van der Waals surface area contributed by atoms with Gasteiger partial charge in [0.2, 0.25) is 5.91 Å². The number of hydrogen-bond donors (Lipinski definition) is 2. The van der Waals surface area contributed by atoms with E-state index in [0.29, 0.717) is 0 Å². The van der Waals surface area contributed by atoms with Crippen molar-refractivity contribution in [2.75, 3.05) is 11.9 Å². The first-order valence-corrected chi connectivity index (χ1v) is 7.51. The molecule has 1 aromatic rings. The van der Waals surface area contributed by atoms with E-state index < -0.39 is 0 Å². The Morgan fingerprint density at radius 2 is 2.06 bits per heavy atom. The molecule has 0 saturated carbocycles. The lowest BCUT2D eigenvalue weighted by molar-refractivity contribution is -0.121. The highest BCUT2D eigenvalue weighted by Crippen LogP contribution is 2.17. The van der Waals surface area contributed by atoms with Gasteiger partial charge in [-0.3, -0.25) is 4.79 Å². The number of nitrogens with one attached hydrogen (secondary N) is 2. The third-order valence-corrected chi connectivity index (χ3v) is 3.66. The SMILES string of the molecule is CCCCCNC(=O)C(C)Nc1ccccc1I. The summed E-state index contributed by atoms with van der Waals surface area (Å²) in [6, 6.07) is 7.76. The van der Waals surface area contributed by atoms with Crippen LogP contribution >= 0.6 is 22.6 Å². The van der Waals surface area contributed by atoms with Crippen LogP contribution < -0.4 is 10.6 Å². The molecule has 100 valence electrons. The Hall–Kier alpha value is -0.780. The van der Waals surface area contributed by atoms with Crippen molar-refractivity contribution in [1.29, 1.82) is 0 Å². The number of unbranched alkanes of at least 4 members (excludes halogenated alkanes) is 2. The molecule has 0 bridgehead atoms. The molecule has 1 rings (SSSR count). The molecule has 0 aliphatic rings. The number of benzene rings is 1. The highest BCUT2D eigenvalue weighted by molar-refractivity contribution is 14.1. The van der Waals surface area contributed by atoms with E-state index in [4.69, 9.17) is 0 Å². The number of hydrogen-bond acceptors (Lipinski definition) is 2. The second-order valence-electron chi connectivity index (χ2n) is 4.34. The van der Waals surface area contributed by atoms with Crippen LogP contribution in [0.3, 0.4) is 0 Å². The van der Waals surface area contributed by atoms with Gasteiger partial charge in [-0.1, -0.05) is 31.9 Å². The highest BCUT2D eigenvalue weighted by Gasteiger charge is 2.12. The first-order chi connectivity index (χ1) is 8.65. The number of carbonyl (C=O) groups is 1. The van der Waals surface area contributed by atoms with Crippen LogP contribution in [0.15, 0.2) is 24.3 Å². The Labute approximate surface area is 123 Å². The van der Waals surface area contributed by atoms with Crippen LogP contribution in [0.25, 0.3) is 0 Å². The number of rotatable bonds is 7. The summed E-state index contributed by atoms with van der Waals surface area (Å²) >= 11 is 2.26. The van der Waals surface area contributed by atoms with Crippen molar-refractivity contribution >= 4 is 34.2 Å². The average molecular weight is 360 g/mol. The monoisotopic (exact) mass is 360 g/mol. The van der Waals surface area contributed by atoms with E-state index in [-0.39, 0.29) is 11.9 Å². The number of carbonyl (C=O) groups excluding carboxylic acids is 1. The van der Waals surface area contributed by atoms with Crippen molar-refractivity contribution in [2.45, 2.75) is 39.2 Å². The van der Waals surface area contributed by atoms with Gasteiger partial charge in [-0.05, 0) is 48.1 Å². The molecule has 4 heteroatoms. The predicted molar refractivity (Wildman–Crippen MR) is 84.8 cm³/mol. The minimum Gasteiger partial charge on any atom is -0.373 e. The lowest BCUT2D eigenvalue weighted by Crippen LogP contribution is -2.38. The average Bonchev–Trinajstić information content (AvgIpc) is 2.37. The Morgan fingerprint density at radius 1 is 1.33 bits per heavy atom. The van der Waals surface area contributed by atoms with Gasteiger partial charge in [-0.25, -0.2) is 0 Å². The summed E-state index contributed by atoms with van der Waals surface area (Å²) < 4.78 is 1.13. The quantitative estimate of drug-likeness (QED) is 0.578. The molecule has 0 heterocycles. The van der Waals surface area contributed by atoms with E-state index in [1.54, 1.807) is 0 Å². The summed E-state index contributed by atoms with van der Waals surface area (Å²) in [7, 11) is 0. The van der Waals surface area contributed by atoms with Gasteiger partial charge >= 0.3 is 0 Å². The molecule has 0 aliphatic heterocycles.